The fourth-order valence-electron chi connectivity index (χ4n) is 2.26. The van der Waals surface area contributed by atoms with E-state index in [-0.39, 0.29) is 0 Å². The van der Waals surface area contributed by atoms with Crippen LogP contribution in [0.3, 0.4) is 0 Å². The minimum Gasteiger partial charge on any atom is -0.0864 e. The first kappa shape index (κ1) is 16.7. The van der Waals surface area contributed by atoms with Gasteiger partial charge in [0.05, 0.1) is 0 Å². The van der Waals surface area contributed by atoms with E-state index in [0.29, 0.717) is 0 Å². The molecule has 0 nitrogen and oxygen atoms in total. The Balaban J connectivity index is 2.26. The zero-order chi connectivity index (χ0) is 13.9. The molecule has 0 bridgehead atoms. The van der Waals surface area contributed by atoms with Crippen molar-refractivity contribution in [3.63, 3.8) is 0 Å². The topological polar surface area (TPSA) is 0 Å². The molecule has 0 aliphatic heterocycles. The van der Waals surface area contributed by atoms with Gasteiger partial charge in [0.25, 0.3) is 0 Å². The highest BCUT2D eigenvalue weighted by molar-refractivity contribution is 14.1. The van der Waals surface area contributed by atoms with Gasteiger partial charge >= 0.3 is 0 Å². The molecule has 1 heteroatoms. The molecule has 0 amide bonds. The molecule has 0 saturated carbocycles. The van der Waals surface area contributed by atoms with Crippen molar-refractivity contribution in [3.05, 3.63) is 47.0 Å². The summed E-state index contributed by atoms with van der Waals surface area (Å²) in [6.07, 6.45) is 11.2. The monoisotopic (exact) mass is 370 g/mol. The van der Waals surface area contributed by atoms with Crippen LogP contribution >= 0.6 is 22.6 Å². The molecule has 0 spiro atoms. The molecule has 0 aliphatic carbocycles. The molecule has 0 aliphatic rings. The number of aryl methyl sites for hydroxylation is 2. The standard InChI is InChI=1S/C18H27I/c1-3-7-17-11-13-18(14-12-17)10-6-9-16(2)8-4-5-15-19/h8,11-14H,3-7,9-10,15H2,1-2H3/b16-8+. The van der Waals surface area contributed by atoms with E-state index >= 15 is 0 Å². The second-order valence-electron chi connectivity index (χ2n) is 5.30. The molecule has 0 N–H and O–H groups in total. The normalized spacial score (nSPS) is 11.8. The lowest BCUT2D eigenvalue weighted by molar-refractivity contribution is 0.802. The van der Waals surface area contributed by atoms with E-state index in [1.807, 2.05) is 0 Å². The van der Waals surface area contributed by atoms with Crippen LogP contribution in [0.4, 0.5) is 0 Å². The number of benzene rings is 1. The van der Waals surface area contributed by atoms with E-state index in [4.69, 9.17) is 0 Å². The van der Waals surface area contributed by atoms with Gasteiger partial charge in [-0.05, 0) is 61.0 Å². The summed E-state index contributed by atoms with van der Waals surface area (Å²) in [5, 5.41) is 0. The molecule has 0 radical (unpaired) electrons. The number of rotatable bonds is 9. The summed E-state index contributed by atoms with van der Waals surface area (Å²) in [7, 11) is 0. The van der Waals surface area contributed by atoms with Crippen LogP contribution in [-0.2, 0) is 12.8 Å². The molecule has 0 saturated heterocycles. The highest BCUT2D eigenvalue weighted by atomic mass is 127. The fourth-order valence-corrected chi connectivity index (χ4v) is 2.70. The molecule has 1 aromatic rings. The van der Waals surface area contributed by atoms with Crippen LogP contribution in [-0.4, -0.2) is 4.43 Å². The lowest BCUT2D eigenvalue weighted by Crippen LogP contribution is -1.89. The Morgan fingerprint density at radius 2 is 1.68 bits per heavy atom. The van der Waals surface area contributed by atoms with E-state index in [2.05, 4.69) is 66.8 Å². The minimum absolute atomic E-state index is 1.21. The molecule has 106 valence electrons. The summed E-state index contributed by atoms with van der Waals surface area (Å²) in [5.41, 5.74) is 4.52. The Bertz CT molecular complexity index is 362. The molecule has 0 aromatic heterocycles. The Labute approximate surface area is 132 Å². The lowest BCUT2D eigenvalue weighted by atomic mass is 10.0. The summed E-state index contributed by atoms with van der Waals surface area (Å²) < 4.78 is 1.27. The SMILES string of the molecule is CCCc1ccc(CCC/C(C)=C/CCCI)cc1. The van der Waals surface area contributed by atoms with E-state index in [9.17, 15) is 0 Å². The van der Waals surface area contributed by atoms with Crippen molar-refractivity contribution in [2.24, 2.45) is 0 Å². The van der Waals surface area contributed by atoms with E-state index in [0.717, 1.165) is 0 Å². The van der Waals surface area contributed by atoms with Crippen LogP contribution in [0, 0.1) is 0 Å². The van der Waals surface area contributed by atoms with Crippen molar-refractivity contribution >= 4 is 22.6 Å². The summed E-state index contributed by atoms with van der Waals surface area (Å²) in [6.45, 7) is 4.51. The number of alkyl halides is 1. The molecular formula is C18H27I. The Morgan fingerprint density at radius 3 is 2.26 bits per heavy atom. The van der Waals surface area contributed by atoms with Gasteiger partial charge in [-0.2, -0.15) is 0 Å². The smallest absolute Gasteiger partial charge is 0.000178 e. The zero-order valence-corrected chi connectivity index (χ0v) is 14.6. The third-order valence-electron chi connectivity index (χ3n) is 3.43. The van der Waals surface area contributed by atoms with Crippen molar-refractivity contribution in [1.82, 2.24) is 0 Å². The van der Waals surface area contributed by atoms with Crippen LogP contribution in [0.5, 0.6) is 0 Å². The second-order valence-corrected chi connectivity index (χ2v) is 6.38. The van der Waals surface area contributed by atoms with Crippen LogP contribution in [0.2, 0.25) is 0 Å². The van der Waals surface area contributed by atoms with Crippen molar-refractivity contribution in [2.75, 3.05) is 4.43 Å². The predicted octanol–water partition coefficient (Wildman–Crippen LogP) is 6.12. The number of unbranched alkanes of at least 4 members (excludes halogenated alkanes) is 1. The van der Waals surface area contributed by atoms with E-state index in [1.165, 1.54) is 60.5 Å². The van der Waals surface area contributed by atoms with Crippen molar-refractivity contribution in [3.8, 4) is 0 Å². The highest BCUT2D eigenvalue weighted by Gasteiger charge is 1.96. The van der Waals surface area contributed by atoms with Crippen LogP contribution < -0.4 is 0 Å². The number of hydrogen-bond acceptors (Lipinski definition) is 0. The summed E-state index contributed by atoms with van der Waals surface area (Å²) >= 11 is 2.45. The van der Waals surface area contributed by atoms with Gasteiger partial charge in [-0.25, -0.2) is 0 Å². The number of hydrogen-bond donors (Lipinski definition) is 0. The van der Waals surface area contributed by atoms with Gasteiger partial charge in [-0.15, -0.1) is 0 Å². The Morgan fingerprint density at radius 1 is 1.05 bits per heavy atom. The first-order chi connectivity index (χ1) is 9.26. The summed E-state index contributed by atoms with van der Waals surface area (Å²) in [5.74, 6) is 0. The van der Waals surface area contributed by atoms with Gasteiger partial charge < -0.3 is 0 Å². The fraction of sp³-hybridized carbons (Fsp3) is 0.556. The molecular weight excluding hydrogens is 343 g/mol. The Hall–Kier alpha value is -0.310. The van der Waals surface area contributed by atoms with Gasteiger partial charge in [-0.1, -0.05) is 71.9 Å². The molecule has 19 heavy (non-hydrogen) atoms. The first-order valence-electron chi connectivity index (χ1n) is 7.55. The van der Waals surface area contributed by atoms with Crippen LogP contribution in [0.15, 0.2) is 35.9 Å². The van der Waals surface area contributed by atoms with Gasteiger partial charge in [-0.3, -0.25) is 0 Å². The maximum Gasteiger partial charge on any atom is -0.000178 e. The molecule has 0 atom stereocenters. The summed E-state index contributed by atoms with van der Waals surface area (Å²) in [6, 6.07) is 9.20. The van der Waals surface area contributed by atoms with Crippen molar-refractivity contribution in [2.45, 2.75) is 58.8 Å². The van der Waals surface area contributed by atoms with Crippen LogP contribution in [0.25, 0.3) is 0 Å². The third kappa shape index (κ3) is 7.76. The maximum atomic E-state index is 2.45. The Kier molecular flexibility index (Phi) is 9.23. The minimum atomic E-state index is 1.21. The number of halogens is 1. The van der Waals surface area contributed by atoms with Gasteiger partial charge in [0, 0.05) is 0 Å². The summed E-state index contributed by atoms with van der Waals surface area (Å²) in [4.78, 5) is 0. The van der Waals surface area contributed by atoms with Gasteiger partial charge in [0.15, 0.2) is 0 Å². The second kappa shape index (κ2) is 10.5. The van der Waals surface area contributed by atoms with E-state index < -0.39 is 0 Å². The van der Waals surface area contributed by atoms with Crippen LogP contribution in [0.1, 0.15) is 57.1 Å². The quantitative estimate of drug-likeness (QED) is 0.213. The lowest BCUT2D eigenvalue weighted by Gasteiger charge is -2.04. The first-order valence-corrected chi connectivity index (χ1v) is 9.08. The maximum absolute atomic E-state index is 2.45. The predicted molar refractivity (Wildman–Crippen MR) is 95.3 cm³/mol. The van der Waals surface area contributed by atoms with Crippen molar-refractivity contribution < 1.29 is 0 Å². The molecule has 1 aromatic carbocycles. The van der Waals surface area contributed by atoms with E-state index in [1.54, 1.807) is 5.57 Å². The number of allylic oxidation sites excluding steroid dienone is 2. The van der Waals surface area contributed by atoms with Crippen molar-refractivity contribution in [1.29, 1.82) is 0 Å². The molecule has 0 unspecified atom stereocenters. The van der Waals surface area contributed by atoms with Gasteiger partial charge in [0.2, 0.25) is 0 Å². The largest absolute Gasteiger partial charge is 0.0864 e. The molecule has 0 fully saturated rings. The molecule has 1 rings (SSSR count). The average Bonchev–Trinajstić information content (AvgIpc) is 2.41. The van der Waals surface area contributed by atoms with Gasteiger partial charge in [0.1, 0.15) is 0 Å². The third-order valence-corrected chi connectivity index (χ3v) is 4.19. The molecule has 0 heterocycles. The highest BCUT2D eigenvalue weighted by Crippen LogP contribution is 2.13. The zero-order valence-electron chi connectivity index (χ0n) is 12.4. The average molecular weight is 370 g/mol.